The molecule has 1 aromatic carbocycles. The lowest BCUT2D eigenvalue weighted by Crippen LogP contribution is -2.64. The zero-order valence-electron chi connectivity index (χ0n) is 16.3. The lowest BCUT2D eigenvalue weighted by Gasteiger charge is -2.40. The van der Waals surface area contributed by atoms with Gasteiger partial charge in [0.1, 0.15) is 0 Å². The summed E-state index contributed by atoms with van der Waals surface area (Å²) in [5, 5.41) is 2.42. The highest BCUT2D eigenvalue weighted by atomic mass is 16.2. The quantitative estimate of drug-likeness (QED) is 0.660. The molecule has 2 unspecified atom stereocenters. The van der Waals surface area contributed by atoms with E-state index in [1.165, 1.54) is 4.90 Å². The number of hydrogen-bond acceptors (Lipinski definition) is 7. The fourth-order valence-electron chi connectivity index (χ4n) is 4.05. The van der Waals surface area contributed by atoms with Crippen molar-refractivity contribution < 1.29 is 14.4 Å². The van der Waals surface area contributed by atoms with Crippen LogP contribution in [0.3, 0.4) is 0 Å². The van der Waals surface area contributed by atoms with Crippen LogP contribution in [0.25, 0.3) is 0 Å². The Morgan fingerprint density at radius 3 is 2.52 bits per heavy atom. The number of guanidine groups is 1. The van der Waals surface area contributed by atoms with Crippen molar-refractivity contribution in [2.24, 2.45) is 10.7 Å². The zero-order valence-corrected chi connectivity index (χ0v) is 16.3. The van der Waals surface area contributed by atoms with Crippen molar-refractivity contribution in [2.45, 2.75) is 18.8 Å². The molecule has 3 heterocycles. The van der Waals surface area contributed by atoms with Gasteiger partial charge in [-0.1, -0.05) is 30.3 Å². The van der Waals surface area contributed by atoms with Crippen LogP contribution in [0.1, 0.15) is 5.56 Å². The number of fused-ring (bicyclic) bond motifs is 1. The average molecular weight is 399 g/mol. The molecule has 4 rings (SSSR count). The maximum atomic E-state index is 12.7. The molecular formula is C19H25N7O3. The van der Waals surface area contributed by atoms with Crippen LogP contribution in [0.5, 0.6) is 0 Å². The van der Waals surface area contributed by atoms with E-state index in [-0.39, 0.29) is 18.4 Å². The molecule has 0 aromatic heterocycles. The van der Waals surface area contributed by atoms with Gasteiger partial charge < -0.3 is 20.4 Å². The Kier molecular flexibility index (Phi) is 5.10. The molecule has 3 aliphatic heterocycles. The Hall–Kier alpha value is -3.14. The SMILES string of the molecule is CN1C(=O)NC(=O)C2C1N=C(N1CCN(CC(N)=O)CC1)N2Cc1ccccc1. The minimum Gasteiger partial charge on any atom is -0.369 e. The molecule has 0 aliphatic carbocycles. The monoisotopic (exact) mass is 399 g/mol. The van der Waals surface area contributed by atoms with Gasteiger partial charge in [0, 0.05) is 39.8 Å². The predicted molar refractivity (Wildman–Crippen MR) is 106 cm³/mol. The smallest absolute Gasteiger partial charge is 0.325 e. The number of hydrogen-bond donors (Lipinski definition) is 2. The Morgan fingerprint density at radius 1 is 1.17 bits per heavy atom. The van der Waals surface area contributed by atoms with Gasteiger partial charge in [0.05, 0.1) is 6.54 Å². The Morgan fingerprint density at radius 2 is 1.86 bits per heavy atom. The number of urea groups is 1. The van der Waals surface area contributed by atoms with E-state index in [2.05, 4.69) is 10.2 Å². The Balaban J connectivity index is 1.58. The van der Waals surface area contributed by atoms with E-state index in [0.29, 0.717) is 38.7 Å². The van der Waals surface area contributed by atoms with Crippen molar-refractivity contribution in [3.8, 4) is 0 Å². The van der Waals surface area contributed by atoms with Crippen LogP contribution in [0.15, 0.2) is 35.3 Å². The van der Waals surface area contributed by atoms with Crippen molar-refractivity contribution in [1.82, 2.24) is 24.9 Å². The lowest BCUT2D eigenvalue weighted by atomic mass is 10.1. The predicted octanol–water partition coefficient (Wildman–Crippen LogP) is -1.16. The molecular weight excluding hydrogens is 374 g/mol. The van der Waals surface area contributed by atoms with Gasteiger partial charge >= 0.3 is 6.03 Å². The third kappa shape index (κ3) is 3.75. The van der Waals surface area contributed by atoms with E-state index in [1.54, 1.807) is 7.05 Å². The van der Waals surface area contributed by atoms with Gasteiger partial charge in [-0.2, -0.15) is 0 Å². The molecule has 10 heteroatoms. The summed E-state index contributed by atoms with van der Waals surface area (Å²) in [6, 6.07) is 8.86. The molecule has 1 aromatic rings. The first-order chi connectivity index (χ1) is 13.9. The van der Waals surface area contributed by atoms with Crippen molar-refractivity contribution in [3.63, 3.8) is 0 Å². The minimum atomic E-state index is -0.573. The summed E-state index contributed by atoms with van der Waals surface area (Å²) in [5.74, 6) is 0.0320. The van der Waals surface area contributed by atoms with Crippen LogP contribution < -0.4 is 11.1 Å². The van der Waals surface area contributed by atoms with Crippen LogP contribution in [-0.4, -0.2) is 95.4 Å². The van der Waals surface area contributed by atoms with Gasteiger partial charge in [-0.05, 0) is 5.56 Å². The van der Waals surface area contributed by atoms with Gasteiger partial charge in [-0.15, -0.1) is 0 Å². The normalized spacial score (nSPS) is 25.0. The van der Waals surface area contributed by atoms with E-state index < -0.39 is 18.2 Å². The number of benzene rings is 1. The molecule has 2 saturated heterocycles. The molecule has 154 valence electrons. The summed E-state index contributed by atoms with van der Waals surface area (Å²) in [7, 11) is 1.65. The fourth-order valence-corrected chi connectivity index (χ4v) is 4.05. The van der Waals surface area contributed by atoms with Crippen molar-refractivity contribution in [2.75, 3.05) is 39.8 Å². The summed E-state index contributed by atoms with van der Waals surface area (Å²) in [5.41, 5.74) is 6.36. The number of imide groups is 1. The summed E-state index contributed by atoms with van der Waals surface area (Å²) in [6.45, 7) is 3.43. The molecule has 0 bridgehead atoms. The first-order valence-corrected chi connectivity index (χ1v) is 9.65. The summed E-state index contributed by atoms with van der Waals surface area (Å²) in [6.07, 6.45) is -0.557. The number of primary amides is 1. The fraction of sp³-hybridized carbons (Fsp3) is 0.474. The number of likely N-dealkylation sites (N-methyl/N-ethyl adjacent to an activating group) is 1. The molecule has 0 radical (unpaired) electrons. The third-order valence-corrected chi connectivity index (χ3v) is 5.57. The zero-order chi connectivity index (χ0) is 20.5. The van der Waals surface area contributed by atoms with Gasteiger partial charge in [-0.25, -0.2) is 9.79 Å². The summed E-state index contributed by atoms with van der Waals surface area (Å²) in [4.78, 5) is 48.3. The number of rotatable bonds is 4. The summed E-state index contributed by atoms with van der Waals surface area (Å²) < 4.78 is 0. The van der Waals surface area contributed by atoms with Crippen molar-refractivity contribution >= 4 is 23.8 Å². The highest BCUT2D eigenvalue weighted by Crippen LogP contribution is 2.27. The van der Waals surface area contributed by atoms with E-state index in [0.717, 1.165) is 5.56 Å². The van der Waals surface area contributed by atoms with Gasteiger partial charge in [-0.3, -0.25) is 19.8 Å². The second kappa shape index (κ2) is 7.70. The number of carbonyl (C=O) groups excluding carboxylic acids is 3. The molecule has 29 heavy (non-hydrogen) atoms. The molecule has 10 nitrogen and oxygen atoms in total. The Bertz CT molecular complexity index is 835. The van der Waals surface area contributed by atoms with Gasteiger partial charge in [0.2, 0.25) is 5.91 Å². The molecule has 2 atom stereocenters. The highest BCUT2D eigenvalue weighted by molar-refractivity contribution is 6.03. The van der Waals surface area contributed by atoms with Crippen LogP contribution in [0, 0.1) is 0 Å². The maximum Gasteiger partial charge on any atom is 0.325 e. The number of carbonyl (C=O) groups is 3. The van der Waals surface area contributed by atoms with E-state index in [4.69, 9.17) is 10.7 Å². The Labute approximate surface area is 168 Å². The topological polar surface area (TPSA) is 115 Å². The third-order valence-electron chi connectivity index (χ3n) is 5.57. The van der Waals surface area contributed by atoms with E-state index in [9.17, 15) is 14.4 Å². The summed E-state index contributed by atoms with van der Waals surface area (Å²) >= 11 is 0. The van der Waals surface area contributed by atoms with Crippen LogP contribution in [-0.2, 0) is 16.1 Å². The molecule has 2 fully saturated rings. The average Bonchev–Trinajstić information content (AvgIpc) is 3.07. The number of piperazine rings is 1. The number of nitrogens with two attached hydrogens (primary N) is 1. The highest BCUT2D eigenvalue weighted by Gasteiger charge is 2.49. The first-order valence-electron chi connectivity index (χ1n) is 9.65. The minimum absolute atomic E-state index is 0.235. The maximum absolute atomic E-state index is 12.7. The second-order valence-electron chi connectivity index (χ2n) is 7.54. The lowest BCUT2D eigenvalue weighted by molar-refractivity contribution is -0.127. The molecule has 3 N–H and O–H groups in total. The second-order valence-corrected chi connectivity index (χ2v) is 7.54. The van der Waals surface area contributed by atoms with Crippen molar-refractivity contribution in [1.29, 1.82) is 0 Å². The van der Waals surface area contributed by atoms with Crippen LogP contribution in [0.2, 0.25) is 0 Å². The van der Waals surface area contributed by atoms with Crippen molar-refractivity contribution in [3.05, 3.63) is 35.9 Å². The molecule has 0 saturated carbocycles. The number of amides is 4. The number of aliphatic imine (C=N–C) groups is 1. The largest absolute Gasteiger partial charge is 0.369 e. The van der Waals surface area contributed by atoms with E-state index in [1.807, 2.05) is 40.1 Å². The molecule has 0 spiro atoms. The molecule has 3 aliphatic rings. The number of nitrogens with zero attached hydrogens (tertiary/aromatic N) is 5. The van der Waals surface area contributed by atoms with E-state index >= 15 is 0 Å². The molecule has 4 amide bonds. The standard InChI is InChI=1S/C19H25N7O3/c1-23-16-15(17(28)22-19(23)29)26(11-13-5-3-2-4-6-13)18(21-16)25-9-7-24(8-10-25)12-14(20)27/h2-6,15-16H,7-12H2,1H3,(H2,20,27)(H,22,28,29). The number of nitrogens with one attached hydrogen (secondary N) is 1. The van der Waals surface area contributed by atoms with Gasteiger partial charge in [0.15, 0.2) is 18.2 Å². The van der Waals surface area contributed by atoms with Gasteiger partial charge in [0.25, 0.3) is 5.91 Å². The van der Waals surface area contributed by atoms with Crippen LogP contribution in [0.4, 0.5) is 4.79 Å². The first kappa shape index (κ1) is 19.2. The van der Waals surface area contributed by atoms with Crippen LogP contribution >= 0.6 is 0 Å².